The minimum Gasteiger partial charge on any atom is -0.507 e. The van der Waals surface area contributed by atoms with Gasteiger partial charge in [0.05, 0.1) is 20.6 Å². The first-order chi connectivity index (χ1) is 9.33. The third-order valence-electron chi connectivity index (χ3n) is 2.53. The lowest BCUT2D eigenvalue weighted by atomic mass is 9.98. The molecular formula is C12H12O8. The zero-order valence-corrected chi connectivity index (χ0v) is 10.7. The number of carbonyl (C=O) groups excluding carboxylic acids is 2. The van der Waals surface area contributed by atoms with Crippen LogP contribution in [-0.4, -0.2) is 47.4 Å². The SMILES string of the molecule is COC(=O)Cc1cc(O)c(C(=O)O)c(O)c1C(=O)OC. The number of carbonyl (C=O) groups is 3. The predicted octanol–water partition coefficient (Wildman–Crippen LogP) is 0.298. The normalized spacial score (nSPS) is 9.90. The number of aromatic carboxylic acids is 1. The summed E-state index contributed by atoms with van der Waals surface area (Å²) in [7, 11) is 2.14. The average Bonchev–Trinajstić information content (AvgIpc) is 2.37. The summed E-state index contributed by atoms with van der Waals surface area (Å²) in [5.74, 6) is -5.15. The summed E-state index contributed by atoms with van der Waals surface area (Å²) < 4.78 is 8.83. The highest BCUT2D eigenvalue weighted by molar-refractivity contribution is 6.03. The minimum absolute atomic E-state index is 0.108. The van der Waals surface area contributed by atoms with Crippen molar-refractivity contribution in [3.8, 4) is 11.5 Å². The molecule has 8 heteroatoms. The van der Waals surface area contributed by atoms with E-state index < -0.39 is 47.0 Å². The van der Waals surface area contributed by atoms with E-state index in [9.17, 15) is 24.6 Å². The van der Waals surface area contributed by atoms with Crippen LogP contribution in [0.15, 0.2) is 6.07 Å². The van der Waals surface area contributed by atoms with E-state index in [1.165, 1.54) is 0 Å². The molecule has 0 aliphatic carbocycles. The Bertz CT molecular complexity index is 575. The highest BCUT2D eigenvalue weighted by atomic mass is 16.5. The fraction of sp³-hybridized carbons (Fsp3) is 0.250. The second-order valence-corrected chi connectivity index (χ2v) is 3.70. The Balaban J connectivity index is 3.55. The maximum absolute atomic E-state index is 11.6. The van der Waals surface area contributed by atoms with Crippen LogP contribution in [0.3, 0.4) is 0 Å². The van der Waals surface area contributed by atoms with Crippen molar-refractivity contribution in [3.63, 3.8) is 0 Å². The molecule has 0 radical (unpaired) electrons. The van der Waals surface area contributed by atoms with Gasteiger partial charge in [-0.05, 0) is 11.6 Å². The van der Waals surface area contributed by atoms with Crippen LogP contribution in [0.25, 0.3) is 0 Å². The Hall–Kier alpha value is -2.77. The molecular weight excluding hydrogens is 272 g/mol. The summed E-state index contributed by atoms with van der Waals surface area (Å²) in [6.45, 7) is 0. The molecule has 20 heavy (non-hydrogen) atoms. The largest absolute Gasteiger partial charge is 0.507 e. The van der Waals surface area contributed by atoms with E-state index in [1.54, 1.807) is 0 Å². The van der Waals surface area contributed by atoms with Crippen LogP contribution in [0.4, 0.5) is 0 Å². The molecule has 1 aromatic rings. The first kappa shape index (κ1) is 15.3. The van der Waals surface area contributed by atoms with Crippen LogP contribution in [0, 0.1) is 0 Å². The Labute approximate surface area is 113 Å². The van der Waals surface area contributed by atoms with Crippen molar-refractivity contribution in [3.05, 3.63) is 22.8 Å². The second kappa shape index (κ2) is 5.91. The van der Waals surface area contributed by atoms with Gasteiger partial charge in [-0.1, -0.05) is 0 Å². The molecule has 8 nitrogen and oxygen atoms in total. The standard InChI is InChI=1S/C12H12O8/c1-19-7(14)4-5-3-6(13)9(11(16)17)10(15)8(5)12(18)20-2/h3,13,15H,4H2,1-2H3,(H,16,17). The monoisotopic (exact) mass is 284 g/mol. The van der Waals surface area contributed by atoms with Crippen LogP contribution < -0.4 is 0 Å². The van der Waals surface area contributed by atoms with Crippen LogP contribution >= 0.6 is 0 Å². The zero-order valence-electron chi connectivity index (χ0n) is 10.7. The van der Waals surface area contributed by atoms with Gasteiger partial charge in [-0.2, -0.15) is 0 Å². The molecule has 1 aromatic carbocycles. The minimum atomic E-state index is -1.63. The van der Waals surface area contributed by atoms with Crippen LogP contribution in [0.2, 0.25) is 0 Å². The number of aromatic hydroxyl groups is 2. The molecule has 0 aromatic heterocycles. The Kier molecular flexibility index (Phi) is 4.52. The summed E-state index contributed by atoms with van der Waals surface area (Å²) in [5.41, 5.74) is -1.46. The highest BCUT2D eigenvalue weighted by Crippen LogP contribution is 2.34. The molecule has 0 aliphatic rings. The quantitative estimate of drug-likeness (QED) is 0.673. The van der Waals surface area contributed by atoms with Gasteiger partial charge < -0.3 is 24.8 Å². The molecule has 108 valence electrons. The van der Waals surface area contributed by atoms with Crippen molar-refractivity contribution >= 4 is 17.9 Å². The van der Waals surface area contributed by atoms with Gasteiger partial charge in [-0.15, -0.1) is 0 Å². The number of rotatable bonds is 4. The number of phenols is 2. The van der Waals surface area contributed by atoms with E-state index in [0.717, 1.165) is 20.3 Å². The lowest BCUT2D eigenvalue weighted by Gasteiger charge is -2.12. The summed E-state index contributed by atoms with van der Waals surface area (Å²) in [6, 6.07) is 0.895. The molecule has 0 aliphatic heterocycles. The number of ether oxygens (including phenoxy) is 2. The van der Waals surface area contributed by atoms with Gasteiger partial charge in [0.15, 0.2) is 0 Å². The summed E-state index contributed by atoms with van der Waals surface area (Å²) in [5, 5.41) is 28.3. The molecule has 0 bridgehead atoms. The van der Waals surface area contributed by atoms with Gasteiger partial charge in [0.25, 0.3) is 0 Å². The molecule has 3 N–H and O–H groups in total. The van der Waals surface area contributed by atoms with Crippen molar-refractivity contribution in [1.82, 2.24) is 0 Å². The van der Waals surface area contributed by atoms with Gasteiger partial charge in [-0.25, -0.2) is 9.59 Å². The number of carboxylic acids is 1. The number of methoxy groups -OCH3 is 2. The van der Waals surface area contributed by atoms with Gasteiger partial charge in [0.2, 0.25) is 0 Å². The fourth-order valence-corrected chi connectivity index (χ4v) is 1.62. The van der Waals surface area contributed by atoms with Crippen molar-refractivity contribution in [2.45, 2.75) is 6.42 Å². The van der Waals surface area contributed by atoms with Gasteiger partial charge in [0.1, 0.15) is 22.6 Å². The molecule has 0 atom stereocenters. The first-order valence-electron chi connectivity index (χ1n) is 5.29. The molecule has 1 rings (SSSR count). The second-order valence-electron chi connectivity index (χ2n) is 3.70. The Morgan fingerprint density at radius 1 is 1.10 bits per heavy atom. The van der Waals surface area contributed by atoms with Crippen molar-refractivity contribution in [2.24, 2.45) is 0 Å². The molecule has 0 unspecified atom stereocenters. The maximum Gasteiger partial charge on any atom is 0.343 e. The lowest BCUT2D eigenvalue weighted by Crippen LogP contribution is -2.13. The van der Waals surface area contributed by atoms with E-state index in [-0.39, 0.29) is 5.56 Å². The van der Waals surface area contributed by atoms with Crippen molar-refractivity contribution in [1.29, 1.82) is 0 Å². The number of carboxylic acid groups (broad SMARTS) is 1. The Morgan fingerprint density at radius 3 is 2.15 bits per heavy atom. The van der Waals surface area contributed by atoms with E-state index in [0.29, 0.717) is 0 Å². The number of esters is 2. The smallest absolute Gasteiger partial charge is 0.343 e. The molecule has 0 heterocycles. The van der Waals surface area contributed by atoms with E-state index >= 15 is 0 Å². The molecule has 0 spiro atoms. The summed E-state index contributed by atoms with van der Waals surface area (Å²) in [4.78, 5) is 33.8. The topological polar surface area (TPSA) is 130 Å². The fourth-order valence-electron chi connectivity index (χ4n) is 1.62. The van der Waals surface area contributed by atoms with E-state index in [2.05, 4.69) is 9.47 Å². The van der Waals surface area contributed by atoms with E-state index in [4.69, 9.17) is 5.11 Å². The molecule has 0 fully saturated rings. The van der Waals surface area contributed by atoms with Gasteiger partial charge in [-0.3, -0.25) is 4.79 Å². The first-order valence-corrected chi connectivity index (χ1v) is 5.29. The maximum atomic E-state index is 11.6. The molecule has 0 amide bonds. The van der Waals surface area contributed by atoms with Crippen LogP contribution in [-0.2, 0) is 20.7 Å². The molecule has 0 saturated heterocycles. The number of hydrogen-bond acceptors (Lipinski definition) is 7. The Morgan fingerprint density at radius 2 is 1.70 bits per heavy atom. The third-order valence-corrected chi connectivity index (χ3v) is 2.53. The third kappa shape index (κ3) is 2.79. The molecule has 0 saturated carbocycles. The average molecular weight is 284 g/mol. The summed E-state index contributed by atoms with van der Waals surface area (Å²) in [6.07, 6.45) is -0.443. The zero-order chi connectivity index (χ0) is 15.4. The van der Waals surface area contributed by atoms with Gasteiger partial charge >= 0.3 is 17.9 Å². The van der Waals surface area contributed by atoms with Crippen molar-refractivity contribution < 1.29 is 39.2 Å². The van der Waals surface area contributed by atoms with Crippen molar-refractivity contribution in [2.75, 3.05) is 14.2 Å². The number of benzene rings is 1. The highest BCUT2D eigenvalue weighted by Gasteiger charge is 2.27. The van der Waals surface area contributed by atoms with E-state index in [1.807, 2.05) is 0 Å². The van der Waals surface area contributed by atoms with Crippen LogP contribution in [0.1, 0.15) is 26.3 Å². The van der Waals surface area contributed by atoms with Crippen LogP contribution in [0.5, 0.6) is 11.5 Å². The summed E-state index contributed by atoms with van der Waals surface area (Å²) >= 11 is 0. The number of hydrogen-bond donors (Lipinski definition) is 3. The predicted molar refractivity (Wildman–Crippen MR) is 63.8 cm³/mol. The van der Waals surface area contributed by atoms with Gasteiger partial charge in [0, 0.05) is 0 Å². The lowest BCUT2D eigenvalue weighted by molar-refractivity contribution is -0.139.